The summed E-state index contributed by atoms with van der Waals surface area (Å²) in [6, 6.07) is 0. The van der Waals surface area contributed by atoms with Gasteiger partial charge in [0.05, 0.1) is 12.5 Å². The maximum Gasteiger partial charge on any atom is 0.308 e. The molecule has 1 unspecified atom stereocenters. The monoisotopic (exact) mass is 392 g/mol. The molecule has 2 heteroatoms. The van der Waals surface area contributed by atoms with Gasteiger partial charge in [0.1, 0.15) is 0 Å². The van der Waals surface area contributed by atoms with Gasteiger partial charge in [0.15, 0.2) is 0 Å². The summed E-state index contributed by atoms with van der Waals surface area (Å²) >= 11 is 0. The number of ether oxygens (including phenoxy) is 1. The molecule has 28 heavy (non-hydrogen) atoms. The molecule has 0 rings (SSSR count). The molecule has 0 aliphatic heterocycles. The van der Waals surface area contributed by atoms with Gasteiger partial charge in [-0.05, 0) is 44.9 Å². The Morgan fingerprint density at radius 3 is 1.89 bits per heavy atom. The van der Waals surface area contributed by atoms with Crippen LogP contribution in [0.4, 0.5) is 0 Å². The molecule has 0 spiro atoms. The summed E-state index contributed by atoms with van der Waals surface area (Å²) in [5.74, 6) is 0.0647. The van der Waals surface area contributed by atoms with E-state index in [2.05, 4.69) is 38.2 Å². The second-order valence-corrected chi connectivity index (χ2v) is 8.15. The van der Waals surface area contributed by atoms with Gasteiger partial charge in [-0.2, -0.15) is 0 Å². The predicted octanol–water partition coefficient (Wildman–Crippen LogP) is 8.56. The first-order valence-corrected chi connectivity index (χ1v) is 12.2. The zero-order valence-corrected chi connectivity index (χ0v) is 19.2. The third-order valence-electron chi connectivity index (χ3n) is 5.23. The van der Waals surface area contributed by atoms with Crippen molar-refractivity contribution in [3.05, 3.63) is 24.3 Å². The molecule has 0 N–H and O–H groups in total. The van der Waals surface area contributed by atoms with Gasteiger partial charge in [-0.25, -0.2) is 0 Å². The number of hydrogen-bond donors (Lipinski definition) is 0. The number of hydrogen-bond acceptors (Lipinski definition) is 2. The van der Waals surface area contributed by atoms with E-state index in [1.165, 1.54) is 77.0 Å². The van der Waals surface area contributed by atoms with E-state index in [1.807, 2.05) is 6.92 Å². The average Bonchev–Trinajstić information content (AvgIpc) is 2.70. The lowest BCUT2D eigenvalue weighted by Crippen LogP contribution is -2.15. The van der Waals surface area contributed by atoms with Gasteiger partial charge in [0, 0.05) is 0 Å². The molecule has 2 nitrogen and oxygen atoms in total. The van der Waals surface area contributed by atoms with Crippen molar-refractivity contribution in [1.29, 1.82) is 0 Å². The van der Waals surface area contributed by atoms with Crippen LogP contribution in [-0.2, 0) is 9.53 Å². The fourth-order valence-electron chi connectivity index (χ4n) is 3.22. The molecule has 0 aliphatic rings. The van der Waals surface area contributed by atoms with E-state index in [9.17, 15) is 4.79 Å². The van der Waals surface area contributed by atoms with Gasteiger partial charge in [-0.3, -0.25) is 4.79 Å². The van der Waals surface area contributed by atoms with E-state index < -0.39 is 0 Å². The Morgan fingerprint density at radius 1 is 0.714 bits per heavy atom. The maximum atomic E-state index is 11.9. The van der Waals surface area contributed by atoms with Crippen LogP contribution in [0.1, 0.15) is 124 Å². The van der Waals surface area contributed by atoms with Crippen molar-refractivity contribution in [2.75, 3.05) is 6.61 Å². The van der Waals surface area contributed by atoms with Crippen molar-refractivity contribution >= 4 is 5.97 Å². The smallest absolute Gasteiger partial charge is 0.308 e. The van der Waals surface area contributed by atoms with Crippen LogP contribution in [0.15, 0.2) is 24.3 Å². The van der Waals surface area contributed by atoms with E-state index in [0.717, 1.165) is 25.7 Å². The molecule has 0 aromatic heterocycles. The first kappa shape index (κ1) is 27.0. The zero-order chi connectivity index (χ0) is 20.7. The molecule has 0 heterocycles. The van der Waals surface area contributed by atoms with Gasteiger partial charge in [0.25, 0.3) is 0 Å². The van der Waals surface area contributed by atoms with Crippen molar-refractivity contribution < 1.29 is 9.53 Å². The number of carbonyl (C=O) groups excluding carboxylic acids is 1. The Morgan fingerprint density at radius 2 is 1.25 bits per heavy atom. The fraction of sp³-hybridized carbons (Fsp3) is 0.808. The molecular weight excluding hydrogens is 344 g/mol. The van der Waals surface area contributed by atoms with Crippen LogP contribution in [-0.4, -0.2) is 12.6 Å². The number of esters is 1. The van der Waals surface area contributed by atoms with Gasteiger partial charge >= 0.3 is 5.97 Å². The van der Waals surface area contributed by atoms with Gasteiger partial charge in [-0.15, -0.1) is 0 Å². The summed E-state index contributed by atoms with van der Waals surface area (Å²) in [5, 5.41) is 0. The van der Waals surface area contributed by atoms with Gasteiger partial charge < -0.3 is 4.74 Å². The van der Waals surface area contributed by atoms with E-state index in [-0.39, 0.29) is 11.9 Å². The lowest BCUT2D eigenvalue weighted by molar-refractivity contribution is -0.148. The van der Waals surface area contributed by atoms with E-state index in [0.29, 0.717) is 6.61 Å². The second-order valence-electron chi connectivity index (χ2n) is 8.15. The Balaban J connectivity index is 3.33. The minimum atomic E-state index is -0.00121. The SMILES string of the molecule is CCCCC/C=C\C/C=C\CCCCCCCCOC(=O)C(C)CCCCC. The molecule has 164 valence electrons. The second kappa shape index (κ2) is 22.2. The maximum absolute atomic E-state index is 11.9. The molecule has 0 saturated heterocycles. The highest BCUT2D eigenvalue weighted by Gasteiger charge is 2.13. The average molecular weight is 393 g/mol. The summed E-state index contributed by atoms with van der Waals surface area (Å²) in [7, 11) is 0. The van der Waals surface area contributed by atoms with Crippen LogP contribution >= 0.6 is 0 Å². The number of allylic oxidation sites excluding steroid dienone is 4. The first-order valence-electron chi connectivity index (χ1n) is 12.2. The van der Waals surface area contributed by atoms with Gasteiger partial charge in [-0.1, -0.05) is 103 Å². The highest BCUT2D eigenvalue weighted by atomic mass is 16.5. The Kier molecular flexibility index (Phi) is 21.4. The summed E-state index contributed by atoms with van der Waals surface area (Å²) in [4.78, 5) is 11.9. The molecule has 0 radical (unpaired) electrons. The Labute approximate surface area is 176 Å². The summed E-state index contributed by atoms with van der Waals surface area (Å²) in [6.45, 7) is 7.04. The standard InChI is InChI=1S/C26H48O2/c1-4-6-8-9-10-11-12-13-14-15-16-17-18-19-20-22-24-28-26(27)25(3)23-21-7-5-2/h10-11,13-14,25H,4-9,12,15-24H2,1-3H3/b11-10-,14-13-. The predicted molar refractivity (Wildman–Crippen MR) is 124 cm³/mol. The normalized spacial score (nSPS) is 12.8. The van der Waals surface area contributed by atoms with Crippen LogP contribution in [0.3, 0.4) is 0 Å². The minimum absolute atomic E-state index is 0.00121. The molecule has 0 amide bonds. The quantitative estimate of drug-likeness (QED) is 0.118. The van der Waals surface area contributed by atoms with Crippen molar-refractivity contribution in [3.63, 3.8) is 0 Å². The fourth-order valence-corrected chi connectivity index (χ4v) is 3.22. The molecule has 0 saturated carbocycles. The van der Waals surface area contributed by atoms with Crippen LogP contribution in [0, 0.1) is 5.92 Å². The molecule has 0 fully saturated rings. The van der Waals surface area contributed by atoms with Crippen molar-refractivity contribution in [2.24, 2.45) is 5.92 Å². The lowest BCUT2D eigenvalue weighted by atomic mass is 10.0. The van der Waals surface area contributed by atoms with E-state index in [4.69, 9.17) is 4.74 Å². The van der Waals surface area contributed by atoms with Crippen LogP contribution in [0.2, 0.25) is 0 Å². The van der Waals surface area contributed by atoms with Crippen LogP contribution in [0.5, 0.6) is 0 Å². The van der Waals surface area contributed by atoms with Crippen LogP contribution < -0.4 is 0 Å². The van der Waals surface area contributed by atoms with Crippen molar-refractivity contribution in [1.82, 2.24) is 0 Å². The lowest BCUT2D eigenvalue weighted by Gasteiger charge is -2.11. The molecule has 0 aromatic carbocycles. The van der Waals surface area contributed by atoms with Crippen molar-refractivity contribution in [3.8, 4) is 0 Å². The van der Waals surface area contributed by atoms with Crippen LogP contribution in [0.25, 0.3) is 0 Å². The van der Waals surface area contributed by atoms with E-state index in [1.54, 1.807) is 0 Å². The third-order valence-corrected chi connectivity index (χ3v) is 5.23. The molecule has 0 bridgehead atoms. The number of rotatable bonds is 20. The largest absolute Gasteiger partial charge is 0.465 e. The van der Waals surface area contributed by atoms with E-state index >= 15 is 0 Å². The minimum Gasteiger partial charge on any atom is -0.465 e. The number of unbranched alkanes of at least 4 members (excludes halogenated alkanes) is 11. The highest BCUT2D eigenvalue weighted by Crippen LogP contribution is 2.12. The summed E-state index contributed by atoms with van der Waals surface area (Å²) in [6.07, 6.45) is 28.6. The Hall–Kier alpha value is -1.05. The zero-order valence-electron chi connectivity index (χ0n) is 19.2. The highest BCUT2D eigenvalue weighted by molar-refractivity contribution is 5.71. The van der Waals surface area contributed by atoms with Crippen molar-refractivity contribution in [2.45, 2.75) is 124 Å². The number of carbonyl (C=O) groups is 1. The third kappa shape index (κ3) is 19.7. The molecule has 1 atom stereocenters. The summed E-state index contributed by atoms with van der Waals surface area (Å²) < 4.78 is 5.40. The molecule has 0 aliphatic carbocycles. The summed E-state index contributed by atoms with van der Waals surface area (Å²) in [5.41, 5.74) is 0. The van der Waals surface area contributed by atoms with Gasteiger partial charge in [0.2, 0.25) is 0 Å². The molecular formula is C26H48O2. The molecule has 0 aromatic rings. The Bertz CT molecular complexity index is 384. The first-order chi connectivity index (χ1) is 13.7. The topological polar surface area (TPSA) is 26.3 Å².